The molecule has 1 aliphatic rings. The first-order valence-electron chi connectivity index (χ1n) is 7.73. The van der Waals surface area contributed by atoms with Crippen molar-refractivity contribution in [3.8, 4) is 0 Å². The summed E-state index contributed by atoms with van der Waals surface area (Å²) in [5.41, 5.74) is 6.88. The number of aliphatic hydroxyl groups excluding tert-OH is 1. The molecule has 1 aromatic rings. The highest BCUT2D eigenvalue weighted by molar-refractivity contribution is 5.78. The number of nitrogens with two attached hydrogens (primary N) is 1. The van der Waals surface area contributed by atoms with Gasteiger partial charge >= 0.3 is 0 Å². The van der Waals surface area contributed by atoms with E-state index >= 15 is 0 Å². The molecule has 1 saturated carbocycles. The first kappa shape index (κ1) is 19.1. The number of carbonyl (C=O) groups is 2. The van der Waals surface area contributed by atoms with Crippen molar-refractivity contribution in [3.63, 3.8) is 0 Å². The zero-order valence-corrected chi connectivity index (χ0v) is 13.7. The fourth-order valence-electron chi connectivity index (χ4n) is 2.64. The lowest BCUT2D eigenvalue weighted by molar-refractivity contribution is -0.137. The second kappa shape index (κ2) is 9.27. The molecule has 0 radical (unpaired) electrons. The Morgan fingerprint density at radius 1 is 1.26 bits per heavy atom. The van der Waals surface area contributed by atoms with Crippen LogP contribution in [0.3, 0.4) is 0 Å². The van der Waals surface area contributed by atoms with E-state index in [0.29, 0.717) is 13.0 Å². The predicted octanol–water partition coefficient (Wildman–Crippen LogP) is 1.22. The van der Waals surface area contributed by atoms with Crippen LogP contribution in [-0.2, 0) is 16.1 Å². The van der Waals surface area contributed by atoms with E-state index in [4.69, 9.17) is 15.6 Å². The van der Waals surface area contributed by atoms with Gasteiger partial charge in [0, 0.05) is 32.5 Å². The van der Waals surface area contributed by atoms with Gasteiger partial charge in [-0.15, -0.1) is 0 Å². The Bertz CT molecular complexity index is 503. The minimum Gasteiger partial charge on any atom is -0.481 e. The molecule has 0 saturated heterocycles. The smallest absolute Gasteiger partial charge is 0.300 e. The van der Waals surface area contributed by atoms with Crippen molar-refractivity contribution in [3.05, 3.63) is 35.9 Å². The van der Waals surface area contributed by atoms with Gasteiger partial charge < -0.3 is 20.8 Å². The molecule has 6 nitrogen and oxygen atoms in total. The maximum Gasteiger partial charge on any atom is 0.300 e. The summed E-state index contributed by atoms with van der Waals surface area (Å²) in [6.45, 7) is 1.69. The summed E-state index contributed by atoms with van der Waals surface area (Å²) in [5, 5.41) is 17.2. The minimum absolute atomic E-state index is 0.0940. The normalized spacial score (nSPS) is 23.4. The van der Waals surface area contributed by atoms with E-state index in [2.05, 4.69) is 0 Å². The average molecular weight is 322 g/mol. The predicted molar refractivity (Wildman–Crippen MR) is 87.5 cm³/mol. The van der Waals surface area contributed by atoms with Crippen LogP contribution < -0.4 is 5.73 Å². The van der Waals surface area contributed by atoms with Crippen LogP contribution in [0.15, 0.2) is 30.3 Å². The van der Waals surface area contributed by atoms with Crippen LogP contribution in [0.4, 0.5) is 0 Å². The van der Waals surface area contributed by atoms with E-state index in [1.165, 1.54) is 0 Å². The SMILES string of the molecule is CC(=O)O.CN(Cc1ccccc1)C(=O)[C@H]1CC[C@@H](N)[C@H](O)C1. The third-order valence-electron chi connectivity index (χ3n) is 3.86. The first-order chi connectivity index (χ1) is 10.8. The summed E-state index contributed by atoms with van der Waals surface area (Å²) in [6, 6.07) is 9.74. The quantitative estimate of drug-likeness (QED) is 0.776. The molecule has 0 aliphatic heterocycles. The van der Waals surface area contributed by atoms with E-state index in [0.717, 1.165) is 25.3 Å². The van der Waals surface area contributed by atoms with Crippen LogP contribution in [0.1, 0.15) is 31.7 Å². The highest BCUT2D eigenvalue weighted by Gasteiger charge is 2.32. The first-order valence-corrected chi connectivity index (χ1v) is 7.73. The van der Waals surface area contributed by atoms with E-state index in [1.807, 2.05) is 37.4 Å². The number of rotatable bonds is 3. The standard InChI is InChI=1S/C15H22N2O2.C2H4O2/c1-17(10-11-5-3-2-4-6-11)15(19)12-7-8-13(16)14(18)9-12;1-2(3)4/h2-6,12-14,18H,7-10,16H2,1H3;1H3,(H,3,4)/t12-,13+,14+;/m0./s1. The van der Waals surface area contributed by atoms with Gasteiger partial charge in [0.2, 0.25) is 5.91 Å². The molecule has 0 unspecified atom stereocenters. The maximum atomic E-state index is 12.3. The van der Waals surface area contributed by atoms with E-state index in [-0.39, 0.29) is 17.9 Å². The van der Waals surface area contributed by atoms with Gasteiger partial charge in [0.05, 0.1) is 6.10 Å². The number of hydrogen-bond donors (Lipinski definition) is 3. The zero-order valence-electron chi connectivity index (χ0n) is 13.7. The van der Waals surface area contributed by atoms with Crippen LogP contribution in [-0.4, -0.2) is 46.2 Å². The molecule has 1 amide bonds. The molecule has 0 aromatic heterocycles. The Labute approximate surface area is 136 Å². The molecule has 1 aliphatic carbocycles. The van der Waals surface area contributed by atoms with Crippen molar-refractivity contribution in [2.24, 2.45) is 11.7 Å². The molecule has 23 heavy (non-hydrogen) atoms. The summed E-state index contributed by atoms with van der Waals surface area (Å²) in [4.78, 5) is 23.1. The number of carbonyl (C=O) groups excluding carboxylic acids is 1. The second-order valence-electron chi connectivity index (χ2n) is 5.94. The Morgan fingerprint density at radius 2 is 1.83 bits per heavy atom. The molecule has 2 rings (SSSR count). The fraction of sp³-hybridized carbons (Fsp3) is 0.529. The maximum absolute atomic E-state index is 12.3. The lowest BCUT2D eigenvalue weighted by Crippen LogP contribution is -2.44. The lowest BCUT2D eigenvalue weighted by Gasteiger charge is -2.32. The van der Waals surface area contributed by atoms with E-state index in [9.17, 15) is 9.90 Å². The number of aliphatic carboxylic acids is 1. The van der Waals surface area contributed by atoms with E-state index in [1.54, 1.807) is 4.90 Å². The molecule has 1 aromatic carbocycles. The van der Waals surface area contributed by atoms with Gasteiger partial charge in [0.1, 0.15) is 0 Å². The Balaban J connectivity index is 0.000000593. The van der Waals surface area contributed by atoms with Gasteiger partial charge in [-0.2, -0.15) is 0 Å². The minimum atomic E-state index is -0.833. The topological polar surface area (TPSA) is 104 Å². The van der Waals surface area contributed by atoms with Gasteiger partial charge in [0.25, 0.3) is 5.97 Å². The van der Waals surface area contributed by atoms with Crippen LogP contribution in [0.5, 0.6) is 0 Å². The Hall–Kier alpha value is -1.92. The molecule has 6 heteroatoms. The number of nitrogens with zero attached hydrogens (tertiary/aromatic N) is 1. The molecule has 3 atom stereocenters. The molecular weight excluding hydrogens is 296 g/mol. The summed E-state index contributed by atoms with van der Waals surface area (Å²) in [6.07, 6.45) is 1.43. The van der Waals surface area contributed by atoms with Crippen molar-refractivity contribution in [2.45, 2.75) is 44.9 Å². The summed E-state index contributed by atoms with van der Waals surface area (Å²) in [5.74, 6) is -0.821. The van der Waals surface area contributed by atoms with Crippen LogP contribution in [0.25, 0.3) is 0 Å². The van der Waals surface area contributed by atoms with Gasteiger partial charge in [-0.05, 0) is 24.8 Å². The van der Waals surface area contributed by atoms with Crippen LogP contribution >= 0.6 is 0 Å². The average Bonchev–Trinajstić information content (AvgIpc) is 2.49. The third-order valence-corrected chi connectivity index (χ3v) is 3.86. The van der Waals surface area contributed by atoms with E-state index < -0.39 is 12.1 Å². The molecule has 0 bridgehead atoms. The highest BCUT2D eigenvalue weighted by Crippen LogP contribution is 2.25. The van der Waals surface area contributed by atoms with Gasteiger partial charge in [0.15, 0.2) is 0 Å². The zero-order chi connectivity index (χ0) is 17.4. The second-order valence-corrected chi connectivity index (χ2v) is 5.94. The van der Waals surface area contributed by atoms with Crippen LogP contribution in [0, 0.1) is 5.92 Å². The number of carboxylic acids is 1. The molecule has 0 spiro atoms. The number of benzene rings is 1. The summed E-state index contributed by atoms with van der Waals surface area (Å²) in [7, 11) is 1.82. The van der Waals surface area contributed by atoms with Crippen molar-refractivity contribution in [2.75, 3.05) is 7.05 Å². The summed E-state index contributed by atoms with van der Waals surface area (Å²) >= 11 is 0. The number of carboxylic acid groups (broad SMARTS) is 1. The number of hydrogen-bond acceptors (Lipinski definition) is 4. The Morgan fingerprint density at radius 3 is 2.35 bits per heavy atom. The number of aliphatic hydroxyl groups is 1. The fourth-order valence-corrected chi connectivity index (χ4v) is 2.64. The van der Waals surface area contributed by atoms with Crippen molar-refractivity contribution in [1.29, 1.82) is 0 Å². The van der Waals surface area contributed by atoms with Gasteiger partial charge in [-0.3, -0.25) is 9.59 Å². The van der Waals surface area contributed by atoms with Gasteiger partial charge in [-0.25, -0.2) is 0 Å². The number of amides is 1. The molecule has 0 heterocycles. The molecule has 1 fully saturated rings. The monoisotopic (exact) mass is 322 g/mol. The van der Waals surface area contributed by atoms with Crippen molar-refractivity contribution >= 4 is 11.9 Å². The summed E-state index contributed by atoms with van der Waals surface area (Å²) < 4.78 is 0. The highest BCUT2D eigenvalue weighted by atomic mass is 16.4. The van der Waals surface area contributed by atoms with Gasteiger partial charge in [-0.1, -0.05) is 30.3 Å². The largest absolute Gasteiger partial charge is 0.481 e. The van der Waals surface area contributed by atoms with Crippen molar-refractivity contribution in [1.82, 2.24) is 4.90 Å². The molecule has 128 valence electrons. The molecule has 4 N–H and O–H groups in total. The lowest BCUT2D eigenvalue weighted by atomic mass is 9.83. The van der Waals surface area contributed by atoms with Crippen LogP contribution in [0.2, 0.25) is 0 Å². The van der Waals surface area contributed by atoms with Crippen molar-refractivity contribution < 1.29 is 19.8 Å². The third kappa shape index (κ3) is 6.80. The molecular formula is C17H26N2O4. The Kier molecular flexibility index (Phi) is 7.71.